The first kappa shape index (κ1) is 21.9. The number of ketones is 1. The minimum absolute atomic E-state index is 0.00101. The van der Waals surface area contributed by atoms with Crippen LogP contribution in [0.15, 0.2) is 67.0 Å². The molecule has 5 nitrogen and oxygen atoms in total. The summed E-state index contributed by atoms with van der Waals surface area (Å²) < 4.78 is 0. The van der Waals surface area contributed by atoms with Gasteiger partial charge < -0.3 is 4.90 Å². The second-order valence-corrected chi connectivity index (χ2v) is 7.35. The molecular formula is C26H25N3O2. The normalized spacial score (nSPS) is 10.4. The van der Waals surface area contributed by atoms with Gasteiger partial charge in [0.05, 0.1) is 12.5 Å². The van der Waals surface area contributed by atoms with Crippen molar-refractivity contribution in [1.29, 1.82) is 5.26 Å². The zero-order chi connectivity index (χ0) is 22.2. The Morgan fingerprint density at radius 3 is 2.45 bits per heavy atom. The van der Waals surface area contributed by atoms with Crippen LogP contribution in [0.2, 0.25) is 0 Å². The van der Waals surface area contributed by atoms with E-state index < -0.39 is 0 Å². The van der Waals surface area contributed by atoms with Gasteiger partial charge in [-0.1, -0.05) is 43.3 Å². The summed E-state index contributed by atoms with van der Waals surface area (Å²) in [7, 11) is 1.73. The molecule has 31 heavy (non-hydrogen) atoms. The average molecular weight is 412 g/mol. The molecule has 0 aliphatic heterocycles. The molecular weight excluding hydrogens is 386 g/mol. The second kappa shape index (κ2) is 10.3. The molecule has 0 fully saturated rings. The van der Waals surface area contributed by atoms with Gasteiger partial charge in [0.1, 0.15) is 0 Å². The first-order valence-electron chi connectivity index (χ1n) is 10.3. The van der Waals surface area contributed by atoms with Crippen molar-refractivity contribution in [2.75, 3.05) is 11.9 Å². The highest BCUT2D eigenvalue weighted by atomic mass is 16.2. The van der Waals surface area contributed by atoms with E-state index in [4.69, 9.17) is 0 Å². The Hall–Kier alpha value is -3.78. The molecule has 0 aliphatic carbocycles. The lowest BCUT2D eigenvalue weighted by Crippen LogP contribution is -2.26. The lowest BCUT2D eigenvalue weighted by atomic mass is 9.97. The number of benzene rings is 2. The third-order valence-electron chi connectivity index (χ3n) is 5.29. The number of amides is 1. The lowest BCUT2D eigenvalue weighted by Gasteiger charge is -2.20. The summed E-state index contributed by atoms with van der Waals surface area (Å²) in [5.41, 5.74) is 5.18. The van der Waals surface area contributed by atoms with Gasteiger partial charge in [-0.3, -0.25) is 14.6 Å². The molecule has 1 amide bonds. The Labute approximate surface area is 183 Å². The van der Waals surface area contributed by atoms with E-state index in [1.807, 2.05) is 61.5 Å². The van der Waals surface area contributed by atoms with E-state index in [9.17, 15) is 14.9 Å². The number of hydrogen-bond donors (Lipinski definition) is 0. The summed E-state index contributed by atoms with van der Waals surface area (Å²) in [5, 5.41) is 9.22. The van der Waals surface area contributed by atoms with Gasteiger partial charge in [-0.25, -0.2) is 0 Å². The number of carbonyl (C=O) groups is 2. The summed E-state index contributed by atoms with van der Waals surface area (Å²) in [6.45, 7) is 1.82. The monoisotopic (exact) mass is 411 g/mol. The average Bonchev–Trinajstić information content (AvgIpc) is 2.82. The van der Waals surface area contributed by atoms with Crippen molar-refractivity contribution >= 4 is 17.4 Å². The van der Waals surface area contributed by atoms with E-state index in [0.717, 1.165) is 27.9 Å². The number of carbonyl (C=O) groups excluding carboxylic acids is 2. The summed E-state index contributed by atoms with van der Waals surface area (Å²) >= 11 is 0. The smallest absolute Gasteiger partial charge is 0.226 e. The molecule has 0 bridgehead atoms. The zero-order valence-corrected chi connectivity index (χ0v) is 17.8. The van der Waals surface area contributed by atoms with Gasteiger partial charge >= 0.3 is 0 Å². The Balaban J connectivity index is 1.77. The molecule has 0 radical (unpaired) electrons. The van der Waals surface area contributed by atoms with Crippen molar-refractivity contribution < 1.29 is 9.59 Å². The van der Waals surface area contributed by atoms with Gasteiger partial charge in [0.2, 0.25) is 5.91 Å². The number of aromatic nitrogens is 1. The summed E-state index contributed by atoms with van der Waals surface area (Å²) in [5.74, 6) is 0.0942. The van der Waals surface area contributed by atoms with E-state index in [1.54, 1.807) is 24.3 Å². The highest BCUT2D eigenvalue weighted by Gasteiger charge is 2.14. The van der Waals surface area contributed by atoms with Gasteiger partial charge in [0.25, 0.3) is 0 Å². The van der Waals surface area contributed by atoms with Gasteiger partial charge in [-0.05, 0) is 46.9 Å². The number of Topliss-reactive ketones (excluding diaryl/α,β-unsaturated/α-hetero) is 1. The van der Waals surface area contributed by atoms with Gasteiger partial charge in [-0.15, -0.1) is 0 Å². The van der Waals surface area contributed by atoms with Crippen LogP contribution in [-0.4, -0.2) is 23.7 Å². The molecule has 0 atom stereocenters. The number of anilines is 1. The Morgan fingerprint density at radius 1 is 1.06 bits per heavy atom. The third-order valence-corrected chi connectivity index (χ3v) is 5.29. The number of rotatable bonds is 8. The number of pyridine rings is 1. The Bertz CT molecular complexity index is 1100. The fourth-order valence-corrected chi connectivity index (χ4v) is 3.49. The highest BCUT2D eigenvalue weighted by Crippen LogP contribution is 2.28. The van der Waals surface area contributed by atoms with Crippen molar-refractivity contribution in [3.8, 4) is 17.2 Å². The topological polar surface area (TPSA) is 74.1 Å². The number of nitrogens with zero attached hydrogens (tertiary/aromatic N) is 3. The van der Waals surface area contributed by atoms with E-state index in [-0.39, 0.29) is 18.1 Å². The summed E-state index contributed by atoms with van der Waals surface area (Å²) in [6, 6.07) is 19.3. The number of aryl methyl sites for hydroxylation is 1. The molecule has 156 valence electrons. The minimum Gasteiger partial charge on any atom is -0.315 e. The minimum atomic E-state index is 0.00101. The van der Waals surface area contributed by atoms with E-state index in [0.29, 0.717) is 24.8 Å². The molecule has 0 saturated carbocycles. The number of hydrogen-bond acceptors (Lipinski definition) is 4. The fraction of sp³-hybridized carbons (Fsp3) is 0.231. The predicted molar refractivity (Wildman–Crippen MR) is 122 cm³/mol. The standard InChI is InChI=1S/C26H25N3O2/c1-3-26(31)29(2)24-12-11-22(17-23(24)14-15-27)20-7-9-21(10-8-20)25(30)13-6-19-5-4-16-28-18-19/h4-5,7-12,16-18H,3,6,13-14H2,1-2H3. The lowest BCUT2D eigenvalue weighted by molar-refractivity contribution is -0.118. The number of nitriles is 1. The first-order valence-corrected chi connectivity index (χ1v) is 10.3. The predicted octanol–water partition coefficient (Wildman–Crippen LogP) is 5.00. The van der Waals surface area contributed by atoms with Crippen LogP contribution in [0.3, 0.4) is 0 Å². The van der Waals surface area contributed by atoms with Crippen molar-refractivity contribution in [2.24, 2.45) is 0 Å². The molecule has 0 unspecified atom stereocenters. The van der Waals surface area contributed by atoms with Crippen LogP contribution in [0.25, 0.3) is 11.1 Å². The molecule has 1 heterocycles. The fourth-order valence-electron chi connectivity index (χ4n) is 3.49. The van der Waals surface area contributed by atoms with Gasteiger partial charge in [-0.2, -0.15) is 5.26 Å². The Kier molecular flexibility index (Phi) is 7.29. The van der Waals surface area contributed by atoms with Crippen LogP contribution in [0.1, 0.15) is 41.3 Å². The zero-order valence-electron chi connectivity index (χ0n) is 17.8. The van der Waals surface area contributed by atoms with Gasteiger partial charge in [0, 0.05) is 43.5 Å². The van der Waals surface area contributed by atoms with Gasteiger partial charge in [0.15, 0.2) is 5.78 Å². The summed E-state index contributed by atoms with van der Waals surface area (Å²) in [4.78, 5) is 30.3. The van der Waals surface area contributed by atoms with Crippen LogP contribution >= 0.6 is 0 Å². The summed E-state index contributed by atoms with van der Waals surface area (Å²) in [6.07, 6.45) is 5.22. The van der Waals surface area contributed by atoms with Crippen molar-refractivity contribution in [3.63, 3.8) is 0 Å². The maximum atomic E-state index is 12.5. The maximum Gasteiger partial charge on any atom is 0.226 e. The highest BCUT2D eigenvalue weighted by molar-refractivity contribution is 5.97. The van der Waals surface area contributed by atoms with Crippen molar-refractivity contribution in [2.45, 2.75) is 32.6 Å². The largest absolute Gasteiger partial charge is 0.315 e. The molecule has 0 spiro atoms. The molecule has 3 aromatic rings. The molecule has 2 aromatic carbocycles. The van der Waals surface area contributed by atoms with Crippen molar-refractivity contribution in [1.82, 2.24) is 4.98 Å². The van der Waals surface area contributed by atoms with E-state index in [2.05, 4.69) is 11.1 Å². The second-order valence-electron chi connectivity index (χ2n) is 7.35. The molecule has 0 saturated heterocycles. The van der Waals surface area contributed by atoms with Crippen molar-refractivity contribution in [3.05, 3.63) is 83.7 Å². The molecule has 5 heteroatoms. The third kappa shape index (κ3) is 5.43. The molecule has 0 aliphatic rings. The van der Waals surface area contributed by atoms with E-state index in [1.165, 1.54) is 0 Å². The quantitative estimate of drug-likeness (QED) is 0.489. The Morgan fingerprint density at radius 2 is 1.81 bits per heavy atom. The molecule has 1 aromatic heterocycles. The van der Waals surface area contributed by atoms with Crippen LogP contribution < -0.4 is 4.90 Å². The molecule has 3 rings (SSSR count). The van der Waals surface area contributed by atoms with E-state index >= 15 is 0 Å². The first-order chi connectivity index (χ1) is 15.0. The van der Waals surface area contributed by atoms with Crippen LogP contribution in [0, 0.1) is 11.3 Å². The maximum absolute atomic E-state index is 12.5. The van der Waals surface area contributed by atoms with Crippen LogP contribution in [0.5, 0.6) is 0 Å². The van der Waals surface area contributed by atoms with Crippen LogP contribution in [0.4, 0.5) is 5.69 Å². The SMILES string of the molecule is CCC(=O)N(C)c1ccc(-c2ccc(C(=O)CCc3cccnc3)cc2)cc1CC#N. The van der Waals surface area contributed by atoms with Crippen LogP contribution in [-0.2, 0) is 17.6 Å². The molecule has 0 N–H and O–H groups in total.